The lowest BCUT2D eigenvalue weighted by Gasteiger charge is -2.09. The van der Waals surface area contributed by atoms with Crippen LogP contribution in [0.15, 0.2) is 48.5 Å². The van der Waals surface area contributed by atoms with Gasteiger partial charge in [-0.25, -0.2) is 4.79 Å². The third-order valence-corrected chi connectivity index (χ3v) is 3.25. The fraction of sp³-hybridized carbons (Fsp3) is 0.278. The van der Waals surface area contributed by atoms with Crippen molar-refractivity contribution in [1.29, 1.82) is 0 Å². The van der Waals surface area contributed by atoms with Gasteiger partial charge in [-0.15, -0.1) is 0 Å². The Balaban J connectivity index is 1.72. The van der Waals surface area contributed by atoms with E-state index in [1.54, 1.807) is 0 Å². The first kappa shape index (κ1) is 15.1. The second-order valence-electron chi connectivity index (χ2n) is 5.35. The first-order valence-electron chi connectivity index (χ1n) is 7.30. The molecule has 0 aliphatic heterocycles. The molecule has 0 aliphatic rings. The second-order valence-corrected chi connectivity index (χ2v) is 5.35. The number of rotatable bonds is 5. The van der Waals surface area contributed by atoms with Crippen LogP contribution in [-0.4, -0.2) is 12.6 Å². The molecule has 0 bridgehead atoms. The number of carbonyl (C=O) groups excluding carboxylic acids is 1. The van der Waals surface area contributed by atoms with Crippen molar-refractivity contribution in [2.45, 2.75) is 26.7 Å². The number of benzene rings is 2. The summed E-state index contributed by atoms with van der Waals surface area (Å²) in [5, 5.41) is 5.76. The van der Waals surface area contributed by atoms with Gasteiger partial charge in [0.15, 0.2) is 0 Å². The van der Waals surface area contributed by atoms with Crippen LogP contribution in [0.1, 0.15) is 23.1 Å². The minimum atomic E-state index is -0.145. The molecule has 0 atom stereocenters. The van der Waals surface area contributed by atoms with E-state index in [1.807, 2.05) is 44.2 Å². The molecule has 21 heavy (non-hydrogen) atoms. The average Bonchev–Trinajstić information content (AvgIpc) is 2.43. The van der Waals surface area contributed by atoms with Crippen LogP contribution in [0.25, 0.3) is 0 Å². The van der Waals surface area contributed by atoms with Gasteiger partial charge in [-0.1, -0.05) is 36.4 Å². The van der Waals surface area contributed by atoms with Crippen molar-refractivity contribution in [3.8, 4) is 0 Å². The number of hydrogen-bond donors (Lipinski definition) is 2. The molecule has 2 aromatic rings. The van der Waals surface area contributed by atoms with Crippen LogP contribution in [-0.2, 0) is 6.42 Å². The topological polar surface area (TPSA) is 41.1 Å². The maximum Gasteiger partial charge on any atom is 0.319 e. The highest BCUT2D eigenvalue weighted by molar-refractivity contribution is 5.89. The van der Waals surface area contributed by atoms with Gasteiger partial charge in [0.25, 0.3) is 0 Å². The quantitative estimate of drug-likeness (QED) is 0.798. The van der Waals surface area contributed by atoms with Gasteiger partial charge in [0.05, 0.1) is 0 Å². The van der Waals surface area contributed by atoms with Crippen LogP contribution < -0.4 is 10.6 Å². The number of anilines is 1. The number of hydrogen-bond acceptors (Lipinski definition) is 1. The van der Waals surface area contributed by atoms with Crippen LogP contribution in [0, 0.1) is 13.8 Å². The lowest BCUT2D eigenvalue weighted by Crippen LogP contribution is -2.29. The van der Waals surface area contributed by atoms with Gasteiger partial charge in [0.1, 0.15) is 0 Å². The molecule has 3 nitrogen and oxygen atoms in total. The van der Waals surface area contributed by atoms with Crippen molar-refractivity contribution in [2.24, 2.45) is 0 Å². The van der Waals surface area contributed by atoms with Gasteiger partial charge in [-0.2, -0.15) is 0 Å². The van der Waals surface area contributed by atoms with E-state index in [4.69, 9.17) is 0 Å². The predicted molar refractivity (Wildman–Crippen MR) is 87.7 cm³/mol. The van der Waals surface area contributed by atoms with Gasteiger partial charge in [-0.3, -0.25) is 0 Å². The fourth-order valence-corrected chi connectivity index (χ4v) is 2.36. The van der Waals surface area contributed by atoms with Gasteiger partial charge < -0.3 is 10.6 Å². The Bertz CT molecular complexity index is 573. The molecule has 2 N–H and O–H groups in total. The summed E-state index contributed by atoms with van der Waals surface area (Å²) < 4.78 is 0. The van der Waals surface area contributed by atoms with E-state index in [-0.39, 0.29) is 6.03 Å². The highest BCUT2D eigenvalue weighted by atomic mass is 16.2. The number of urea groups is 1. The molecule has 110 valence electrons. The summed E-state index contributed by atoms with van der Waals surface area (Å²) in [6.45, 7) is 4.72. The van der Waals surface area contributed by atoms with E-state index in [2.05, 4.69) is 28.8 Å². The summed E-state index contributed by atoms with van der Waals surface area (Å²) in [6.07, 6.45) is 1.91. The van der Waals surface area contributed by atoms with Gasteiger partial charge in [0.2, 0.25) is 0 Å². The zero-order chi connectivity index (χ0) is 15.1. The van der Waals surface area contributed by atoms with Crippen molar-refractivity contribution in [2.75, 3.05) is 11.9 Å². The zero-order valence-corrected chi connectivity index (χ0v) is 12.6. The normalized spacial score (nSPS) is 10.2. The molecular formula is C18H22N2O. The lowest BCUT2D eigenvalue weighted by atomic mass is 10.1. The molecule has 0 unspecified atom stereocenters. The summed E-state index contributed by atoms with van der Waals surface area (Å²) in [6, 6.07) is 16.2. The molecule has 0 fully saturated rings. The Labute approximate surface area is 126 Å². The standard InChI is InChI=1S/C18H22N2O/c1-14-11-15(2)13-17(12-14)20-18(21)19-10-6-9-16-7-4-3-5-8-16/h3-5,7-8,11-13H,6,9-10H2,1-2H3,(H2,19,20,21). The van der Waals surface area contributed by atoms with Crippen molar-refractivity contribution in [1.82, 2.24) is 5.32 Å². The van der Waals surface area contributed by atoms with Crippen LogP contribution in [0.4, 0.5) is 10.5 Å². The number of aryl methyl sites for hydroxylation is 3. The molecule has 2 aromatic carbocycles. The van der Waals surface area contributed by atoms with Crippen LogP contribution >= 0.6 is 0 Å². The van der Waals surface area contributed by atoms with Crippen LogP contribution in [0.5, 0.6) is 0 Å². The Morgan fingerprint density at radius 1 is 1.00 bits per heavy atom. The predicted octanol–water partition coefficient (Wildman–Crippen LogP) is 4.06. The Kier molecular flexibility index (Phi) is 5.38. The summed E-state index contributed by atoms with van der Waals surface area (Å²) in [4.78, 5) is 11.8. The van der Waals surface area contributed by atoms with E-state index in [0.29, 0.717) is 6.54 Å². The van der Waals surface area contributed by atoms with Crippen molar-refractivity contribution >= 4 is 11.7 Å². The SMILES string of the molecule is Cc1cc(C)cc(NC(=O)NCCCc2ccccc2)c1. The molecule has 0 spiro atoms. The van der Waals surface area contributed by atoms with E-state index >= 15 is 0 Å². The van der Waals surface area contributed by atoms with Gasteiger partial charge in [-0.05, 0) is 55.5 Å². The smallest absolute Gasteiger partial charge is 0.319 e. The molecule has 0 aliphatic carbocycles. The average molecular weight is 282 g/mol. The minimum Gasteiger partial charge on any atom is -0.338 e. The van der Waals surface area contributed by atoms with Gasteiger partial charge in [0, 0.05) is 12.2 Å². The van der Waals surface area contributed by atoms with Crippen LogP contribution in [0.2, 0.25) is 0 Å². The third-order valence-electron chi connectivity index (χ3n) is 3.25. The first-order valence-corrected chi connectivity index (χ1v) is 7.30. The summed E-state index contributed by atoms with van der Waals surface area (Å²) in [5.41, 5.74) is 4.44. The van der Waals surface area contributed by atoms with E-state index in [0.717, 1.165) is 29.7 Å². The highest BCUT2D eigenvalue weighted by Crippen LogP contribution is 2.13. The van der Waals surface area contributed by atoms with E-state index in [9.17, 15) is 4.79 Å². The number of amides is 2. The van der Waals surface area contributed by atoms with E-state index in [1.165, 1.54) is 5.56 Å². The second kappa shape index (κ2) is 7.48. The molecule has 0 radical (unpaired) electrons. The molecule has 3 heteroatoms. The van der Waals surface area contributed by atoms with Gasteiger partial charge >= 0.3 is 6.03 Å². The molecule has 2 rings (SSSR count). The molecule has 0 aromatic heterocycles. The molecule has 0 saturated heterocycles. The van der Waals surface area contributed by atoms with Crippen LogP contribution in [0.3, 0.4) is 0 Å². The summed E-state index contributed by atoms with van der Waals surface area (Å²) in [5.74, 6) is 0. The van der Waals surface area contributed by atoms with Crippen molar-refractivity contribution < 1.29 is 4.79 Å². The molecule has 0 saturated carbocycles. The number of carbonyl (C=O) groups is 1. The van der Waals surface area contributed by atoms with Crippen molar-refractivity contribution in [3.05, 3.63) is 65.2 Å². The van der Waals surface area contributed by atoms with Crippen molar-refractivity contribution in [3.63, 3.8) is 0 Å². The Morgan fingerprint density at radius 2 is 1.67 bits per heavy atom. The zero-order valence-electron chi connectivity index (χ0n) is 12.6. The maximum atomic E-state index is 11.8. The summed E-state index contributed by atoms with van der Waals surface area (Å²) >= 11 is 0. The fourth-order valence-electron chi connectivity index (χ4n) is 2.36. The Morgan fingerprint density at radius 3 is 2.33 bits per heavy atom. The largest absolute Gasteiger partial charge is 0.338 e. The Hall–Kier alpha value is -2.29. The highest BCUT2D eigenvalue weighted by Gasteiger charge is 2.02. The summed E-state index contributed by atoms with van der Waals surface area (Å²) in [7, 11) is 0. The molecule has 0 heterocycles. The lowest BCUT2D eigenvalue weighted by molar-refractivity contribution is 0.252. The molecule has 2 amide bonds. The first-order chi connectivity index (χ1) is 10.1. The minimum absolute atomic E-state index is 0.145. The molecular weight excluding hydrogens is 260 g/mol. The monoisotopic (exact) mass is 282 g/mol. The third kappa shape index (κ3) is 5.30. The number of nitrogens with one attached hydrogen (secondary N) is 2. The van der Waals surface area contributed by atoms with E-state index < -0.39 is 0 Å². The maximum absolute atomic E-state index is 11.8.